The number of likely N-dealkylation sites (tertiary alicyclic amines) is 1. The Kier molecular flexibility index (Phi) is 4.61. The summed E-state index contributed by atoms with van der Waals surface area (Å²) in [6, 6.07) is 4.04. The van der Waals surface area contributed by atoms with Gasteiger partial charge in [0.25, 0.3) is 5.91 Å². The van der Waals surface area contributed by atoms with Crippen molar-refractivity contribution >= 4 is 17.5 Å². The molecule has 2 rings (SSSR count). The summed E-state index contributed by atoms with van der Waals surface area (Å²) in [6.07, 6.45) is 1.85. The summed E-state index contributed by atoms with van der Waals surface area (Å²) in [5, 5.41) is -0.0232. The largest absolute Gasteiger partial charge is 0.484 e. The molecule has 1 heterocycles. The molecule has 1 fully saturated rings. The number of hydrogen-bond acceptors (Lipinski definition) is 3. The lowest BCUT2D eigenvalue weighted by Crippen LogP contribution is -2.47. The number of nitrogens with zero attached hydrogens (tertiary/aromatic N) is 1. The van der Waals surface area contributed by atoms with Gasteiger partial charge in [-0.1, -0.05) is 11.6 Å². The SMILES string of the molecule is NC1CCCN(C(=O)COc2ccc(F)c(Cl)c2)C1. The molecule has 4 nitrogen and oxygen atoms in total. The van der Waals surface area contributed by atoms with Crippen LogP contribution in [-0.2, 0) is 4.79 Å². The first-order chi connectivity index (χ1) is 9.06. The second kappa shape index (κ2) is 6.21. The third-order valence-corrected chi connectivity index (χ3v) is 3.35. The summed E-state index contributed by atoms with van der Waals surface area (Å²) in [7, 11) is 0. The molecule has 0 radical (unpaired) electrons. The molecule has 0 aromatic heterocycles. The fourth-order valence-electron chi connectivity index (χ4n) is 2.04. The Labute approximate surface area is 116 Å². The van der Waals surface area contributed by atoms with Crippen LogP contribution >= 0.6 is 11.6 Å². The number of benzene rings is 1. The van der Waals surface area contributed by atoms with Crippen molar-refractivity contribution in [3.05, 3.63) is 29.0 Å². The summed E-state index contributed by atoms with van der Waals surface area (Å²) < 4.78 is 18.3. The van der Waals surface area contributed by atoms with Crippen molar-refractivity contribution in [3.8, 4) is 5.75 Å². The van der Waals surface area contributed by atoms with E-state index < -0.39 is 5.82 Å². The Hall–Kier alpha value is -1.33. The third-order valence-electron chi connectivity index (χ3n) is 3.06. The number of carbonyl (C=O) groups excluding carboxylic acids is 1. The molecule has 19 heavy (non-hydrogen) atoms. The van der Waals surface area contributed by atoms with Crippen LogP contribution in [0.4, 0.5) is 4.39 Å². The van der Waals surface area contributed by atoms with Crippen LogP contribution < -0.4 is 10.5 Å². The number of carbonyl (C=O) groups is 1. The van der Waals surface area contributed by atoms with Gasteiger partial charge in [-0.15, -0.1) is 0 Å². The average molecular weight is 287 g/mol. The topological polar surface area (TPSA) is 55.6 Å². The molecule has 0 saturated carbocycles. The fraction of sp³-hybridized carbons (Fsp3) is 0.462. The molecule has 1 aromatic rings. The van der Waals surface area contributed by atoms with Gasteiger partial charge in [0, 0.05) is 25.2 Å². The Balaban J connectivity index is 1.87. The maximum absolute atomic E-state index is 13.0. The predicted molar refractivity (Wildman–Crippen MR) is 70.7 cm³/mol. The number of amides is 1. The lowest BCUT2D eigenvalue weighted by atomic mass is 10.1. The highest BCUT2D eigenvalue weighted by Gasteiger charge is 2.21. The van der Waals surface area contributed by atoms with Crippen molar-refractivity contribution in [1.29, 1.82) is 0 Å². The molecule has 2 N–H and O–H groups in total. The number of ether oxygens (including phenoxy) is 1. The van der Waals surface area contributed by atoms with Crippen LogP contribution in [0, 0.1) is 5.82 Å². The zero-order valence-corrected chi connectivity index (χ0v) is 11.2. The lowest BCUT2D eigenvalue weighted by Gasteiger charge is -2.30. The number of rotatable bonds is 3. The van der Waals surface area contributed by atoms with Gasteiger partial charge in [-0.25, -0.2) is 4.39 Å². The molecule has 0 bridgehead atoms. The summed E-state index contributed by atoms with van der Waals surface area (Å²) in [6.45, 7) is 1.18. The quantitative estimate of drug-likeness (QED) is 0.922. The van der Waals surface area contributed by atoms with Crippen molar-refractivity contribution in [2.24, 2.45) is 5.73 Å². The number of piperidine rings is 1. The first-order valence-corrected chi connectivity index (χ1v) is 6.55. The van der Waals surface area contributed by atoms with Gasteiger partial charge in [0.15, 0.2) is 6.61 Å². The smallest absolute Gasteiger partial charge is 0.260 e. The Bertz CT molecular complexity index is 470. The van der Waals surface area contributed by atoms with Gasteiger partial charge in [-0.2, -0.15) is 0 Å². The minimum Gasteiger partial charge on any atom is -0.484 e. The number of nitrogens with two attached hydrogens (primary N) is 1. The highest BCUT2D eigenvalue weighted by Crippen LogP contribution is 2.21. The minimum atomic E-state index is -0.512. The van der Waals surface area contributed by atoms with Gasteiger partial charge in [0.2, 0.25) is 0 Å². The van der Waals surface area contributed by atoms with Crippen molar-refractivity contribution in [3.63, 3.8) is 0 Å². The van der Waals surface area contributed by atoms with Crippen LogP contribution in [0.15, 0.2) is 18.2 Å². The van der Waals surface area contributed by atoms with E-state index in [4.69, 9.17) is 22.1 Å². The molecule has 1 atom stereocenters. The van der Waals surface area contributed by atoms with E-state index in [1.54, 1.807) is 4.90 Å². The normalized spacial score (nSPS) is 19.3. The summed E-state index contributed by atoms with van der Waals surface area (Å²) in [4.78, 5) is 13.6. The first-order valence-electron chi connectivity index (χ1n) is 6.17. The summed E-state index contributed by atoms with van der Waals surface area (Å²) in [5.41, 5.74) is 5.81. The van der Waals surface area contributed by atoms with E-state index in [9.17, 15) is 9.18 Å². The molecular formula is C13H16ClFN2O2. The molecule has 1 aliphatic heterocycles. The molecule has 0 aliphatic carbocycles. The van der Waals surface area contributed by atoms with Crippen LogP contribution in [0.3, 0.4) is 0 Å². The Morgan fingerprint density at radius 1 is 1.58 bits per heavy atom. The van der Waals surface area contributed by atoms with Crippen molar-refractivity contribution in [2.45, 2.75) is 18.9 Å². The van der Waals surface area contributed by atoms with Gasteiger partial charge in [-0.05, 0) is 25.0 Å². The molecule has 1 aliphatic rings. The second-order valence-electron chi connectivity index (χ2n) is 4.61. The monoisotopic (exact) mass is 286 g/mol. The maximum Gasteiger partial charge on any atom is 0.260 e. The highest BCUT2D eigenvalue weighted by molar-refractivity contribution is 6.30. The van der Waals surface area contributed by atoms with Crippen LogP contribution in [0.2, 0.25) is 5.02 Å². The van der Waals surface area contributed by atoms with Crippen LogP contribution in [0.1, 0.15) is 12.8 Å². The second-order valence-corrected chi connectivity index (χ2v) is 5.01. The van der Waals surface area contributed by atoms with Gasteiger partial charge in [-0.3, -0.25) is 4.79 Å². The first kappa shape index (κ1) is 14.1. The molecular weight excluding hydrogens is 271 g/mol. The van der Waals surface area contributed by atoms with Gasteiger partial charge >= 0.3 is 0 Å². The molecule has 1 saturated heterocycles. The van der Waals surface area contributed by atoms with E-state index in [0.29, 0.717) is 18.8 Å². The van der Waals surface area contributed by atoms with Gasteiger partial charge in [0.05, 0.1) is 5.02 Å². The zero-order valence-electron chi connectivity index (χ0n) is 10.4. The van der Waals surface area contributed by atoms with E-state index in [-0.39, 0.29) is 23.6 Å². The third kappa shape index (κ3) is 3.81. The van der Waals surface area contributed by atoms with Gasteiger partial charge in [0.1, 0.15) is 11.6 Å². The standard InChI is InChI=1S/C13H16ClFN2O2/c14-11-6-10(3-4-12(11)15)19-8-13(18)17-5-1-2-9(16)7-17/h3-4,6,9H,1-2,5,7-8,16H2. The molecule has 1 amide bonds. The Morgan fingerprint density at radius 2 is 2.37 bits per heavy atom. The summed E-state index contributed by atoms with van der Waals surface area (Å²) in [5.74, 6) is -0.251. The number of hydrogen-bond donors (Lipinski definition) is 1. The van der Waals surface area contributed by atoms with E-state index in [1.807, 2.05) is 0 Å². The number of halogens is 2. The summed E-state index contributed by atoms with van der Waals surface area (Å²) >= 11 is 5.63. The van der Waals surface area contributed by atoms with Gasteiger partial charge < -0.3 is 15.4 Å². The minimum absolute atomic E-state index is 0.0232. The van der Waals surface area contributed by atoms with Crippen molar-refractivity contribution < 1.29 is 13.9 Å². The van der Waals surface area contributed by atoms with Crippen LogP contribution in [-0.4, -0.2) is 36.5 Å². The Morgan fingerprint density at radius 3 is 3.05 bits per heavy atom. The van der Waals surface area contributed by atoms with E-state index in [0.717, 1.165) is 12.8 Å². The van der Waals surface area contributed by atoms with E-state index in [1.165, 1.54) is 18.2 Å². The molecule has 6 heteroatoms. The fourth-order valence-corrected chi connectivity index (χ4v) is 2.21. The van der Waals surface area contributed by atoms with E-state index >= 15 is 0 Å². The lowest BCUT2D eigenvalue weighted by molar-refractivity contribution is -0.134. The van der Waals surface area contributed by atoms with Crippen molar-refractivity contribution in [2.75, 3.05) is 19.7 Å². The van der Waals surface area contributed by atoms with E-state index in [2.05, 4.69) is 0 Å². The van der Waals surface area contributed by atoms with Crippen LogP contribution in [0.25, 0.3) is 0 Å². The predicted octanol–water partition coefficient (Wildman–Crippen LogP) is 1.81. The van der Waals surface area contributed by atoms with Crippen molar-refractivity contribution in [1.82, 2.24) is 4.90 Å². The molecule has 104 valence electrons. The van der Waals surface area contributed by atoms with Crippen LogP contribution in [0.5, 0.6) is 5.75 Å². The maximum atomic E-state index is 13.0. The highest BCUT2D eigenvalue weighted by atomic mass is 35.5. The zero-order chi connectivity index (χ0) is 13.8. The molecule has 0 spiro atoms. The average Bonchev–Trinajstić information content (AvgIpc) is 2.40. The molecule has 1 aromatic carbocycles. The molecule has 1 unspecified atom stereocenters.